The molecule has 1 unspecified atom stereocenters. The molecule has 0 N–H and O–H groups in total. The summed E-state index contributed by atoms with van der Waals surface area (Å²) in [6, 6.07) is 47.3. The molecule has 1 aliphatic rings. The summed E-state index contributed by atoms with van der Waals surface area (Å²) in [7, 11) is 0. The Morgan fingerprint density at radius 2 is 1.15 bits per heavy atom. The van der Waals surface area contributed by atoms with E-state index in [-0.39, 0.29) is 0 Å². The van der Waals surface area contributed by atoms with Crippen molar-refractivity contribution >= 4 is 38.4 Å². The van der Waals surface area contributed by atoms with Gasteiger partial charge in [-0.1, -0.05) is 122 Å². The minimum atomic E-state index is 0.433. The number of hydrogen-bond acceptors (Lipinski definition) is 3. The fourth-order valence-corrected chi connectivity index (χ4v) is 7.18. The smallest absolute Gasteiger partial charge is 0.160 e. The normalized spacial score (nSPS) is 14.1. The van der Waals surface area contributed by atoms with Crippen LogP contribution in [0.3, 0.4) is 0 Å². The first-order valence-corrected chi connectivity index (χ1v) is 16.3. The zero-order chi connectivity index (χ0) is 31.3. The molecule has 0 saturated heterocycles. The van der Waals surface area contributed by atoms with Crippen molar-refractivity contribution in [2.75, 3.05) is 0 Å². The first-order chi connectivity index (χ1) is 23.2. The molecule has 0 bridgehead atoms. The molecule has 9 rings (SSSR count). The van der Waals surface area contributed by atoms with Gasteiger partial charge in [0, 0.05) is 28.5 Å². The van der Waals surface area contributed by atoms with Crippen LogP contribution in [-0.2, 0) is 0 Å². The van der Waals surface area contributed by atoms with E-state index < -0.39 is 0 Å². The van der Waals surface area contributed by atoms with Gasteiger partial charge >= 0.3 is 0 Å². The van der Waals surface area contributed by atoms with Crippen LogP contribution in [-0.4, -0.2) is 15.0 Å². The van der Waals surface area contributed by atoms with Crippen molar-refractivity contribution in [3.8, 4) is 45.2 Å². The molecule has 222 valence electrons. The molecule has 6 aromatic carbocycles. The summed E-state index contributed by atoms with van der Waals surface area (Å²) >= 11 is 0. The molecule has 3 heteroatoms. The maximum atomic E-state index is 5.32. The Morgan fingerprint density at radius 1 is 0.532 bits per heavy atom. The molecule has 1 aliphatic carbocycles. The number of aromatic nitrogens is 3. The Hall–Kier alpha value is -5.93. The highest BCUT2D eigenvalue weighted by Gasteiger charge is 2.21. The van der Waals surface area contributed by atoms with Gasteiger partial charge in [-0.05, 0) is 86.1 Å². The second-order valence-electron chi connectivity index (χ2n) is 12.5. The van der Waals surface area contributed by atoms with Crippen molar-refractivity contribution in [2.45, 2.75) is 19.3 Å². The maximum Gasteiger partial charge on any atom is 0.160 e. The van der Waals surface area contributed by atoms with Gasteiger partial charge in [0.05, 0.1) is 17.1 Å². The fourth-order valence-electron chi connectivity index (χ4n) is 7.18. The quantitative estimate of drug-likeness (QED) is 0.188. The van der Waals surface area contributed by atoms with Crippen molar-refractivity contribution in [3.63, 3.8) is 0 Å². The molecule has 2 aromatic heterocycles. The van der Waals surface area contributed by atoms with Crippen molar-refractivity contribution in [1.82, 2.24) is 15.0 Å². The zero-order valence-electron chi connectivity index (χ0n) is 26.1. The molecule has 0 radical (unpaired) electrons. The third-order valence-corrected chi connectivity index (χ3v) is 9.57. The Bertz CT molecular complexity index is 2490. The minimum Gasteiger partial charge on any atom is -0.256 e. The molecule has 0 amide bonds. The average molecular weight is 602 g/mol. The van der Waals surface area contributed by atoms with Gasteiger partial charge < -0.3 is 0 Å². The Morgan fingerprint density at radius 3 is 1.89 bits per heavy atom. The van der Waals surface area contributed by atoms with E-state index in [4.69, 9.17) is 9.97 Å². The van der Waals surface area contributed by atoms with E-state index in [1.807, 2.05) is 24.4 Å². The summed E-state index contributed by atoms with van der Waals surface area (Å²) in [5.41, 5.74) is 9.76. The van der Waals surface area contributed by atoms with Crippen LogP contribution in [0.4, 0.5) is 0 Å². The molecule has 0 spiro atoms. The molecule has 8 aromatic rings. The molecule has 0 aliphatic heterocycles. The van der Waals surface area contributed by atoms with Crippen molar-refractivity contribution in [2.24, 2.45) is 0 Å². The maximum absolute atomic E-state index is 5.32. The Balaban J connectivity index is 1.32. The topological polar surface area (TPSA) is 38.7 Å². The van der Waals surface area contributed by atoms with E-state index in [1.54, 1.807) is 0 Å². The van der Waals surface area contributed by atoms with Crippen LogP contribution in [0.2, 0.25) is 0 Å². The van der Waals surface area contributed by atoms with Gasteiger partial charge in [0.2, 0.25) is 0 Å². The third kappa shape index (κ3) is 4.71. The standard InChI is InChI=1S/C44H31N3/c1-28-11-10-18-35-34-15-5-7-17-37(34)40(26-38(28)35)43-27-42(39-25-31-12-2-3-13-32(31)33-14-4-6-16-36(33)39)46-44(47-43)30-22-20-29(21-23-30)41-19-8-9-24-45-41/h2-10,12-28H,11H2,1H3. The largest absolute Gasteiger partial charge is 0.256 e. The van der Waals surface area contributed by atoms with E-state index in [0.29, 0.717) is 11.7 Å². The van der Waals surface area contributed by atoms with Crippen LogP contribution in [0.15, 0.2) is 146 Å². The van der Waals surface area contributed by atoms with Gasteiger partial charge in [0.25, 0.3) is 0 Å². The van der Waals surface area contributed by atoms with Gasteiger partial charge in [0.15, 0.2) is 5.82 Å². The number of allylic oxidation sites excluding steroid dienone is 1. The lowest BCUT2D eigenvalue weighted by molar-refractivity contribution is 0.774. The van der Waals surface area contributed by atoms with Gasteiger partial charge in [-0.2, -0.15) is 0 Å². The molecule has 0 fully saturated rings. The van der Waals surface area contributed by atoms with Gasteiger partial charge in [0.1, 0.15) is 0 Å². The van der Waals surface area contributed by atoms with Crippen LogP contribution < -0.4 is 0 Å². The zero-order valence-corrected chi connectivity index (χ0v) is 26.1. The first kappa shape index (κ1) is 27.4. The summed E-state index contributed by atoms with van der Waals surface area (Å²) < 4.78 is 0. The highest BCUT2D eigenvalue weighted by molar-refractivity contribution is 6.13. The highest BCUT2D eigenvalue weighted by atomic mass is 14.9. The van der Waals surface area contributed by atoms with Crippen LogP contribution in [0.5, 0.6) is 0 Å². The lowest BCUT2D eigenvalue weighted by Crippen LogP contribution is -2.03. The lowest BCUT2D eigenvalue weighted by atomic mass is 9.83. The molecule has 1 atom stereocenters. The van der Waals surface area contributed by atoms with E-state index in [9.17, 15) is 0 Å². The van der Waals surface area contributed by atoms with Crippen LogP contribution >= 0.6 is 0 Å². The SMILES string of the molecule is CC1CC=Cc2c1cc(-c1cc(-c3cc4ccccc4c4ccccc34)nc(-c3ccc(-c4ccccn4)cc3)n1)c1ccccc21. The van der Waals surface area contributed by atoms with Crippen molar-refractivity contribution < 1.29 is 0 Å². The summed E-state index contributed by atoms with van der Waals surface area (Å²) in [6.07, 6.45) is 7.47. The van der Waals surface area contributed by atoms with Gasteiger partial charge in [-0.25, -0.2) is 9.97 Å². The molecule has 47 heavy (non-hydrogen) atoms. The number of fused-ring (bicyclic) bond motifs is 6. The minimum absolute atomic E-state index is 0.433. The van der Waals surface area contributed by atoms with Crippen LogP contribution in [0.25, 0.3) is 83.6 Å². The number of benzene rings is 6. The summed E-state index contributed by atoms with van der Waals surface area (Å²) in [6.45, 7) is 2.32. The van der Waals surface area contributed by atoms with E-state index in [2.05, 4.69) is 139 Å². The molecular weight excluding hydrogens is 571 g/mol. The van der Waals surface area contributed by atoms with E-state index in [0.717, 1.165) is 45.8 Å². The molecule has 0 saturated carbocycles. The number of pyridine rings is 1. The highest BCUT2D eigenvalue weighted by Crippen LogP contribution is 2.42. The average Bonchev–Trinajstić information content (AvgIpc) is 3.14. The second-order valence-corrected chi connectivity index (χ2v) is 12.5. The predicted molar refractivity (Wildman–Crippen MR) is 196 cm³/mol. The number of rotatable bonds is 4. The van der Waals surface area contributed by atoms with Crippen LogP contribution in [0.1, 0.15) is 30.4 Å². The summed E-state index contributed by atoms with van der Waals surface area (Å²) in [5, 5.41) is 7.31. The molecule has 2 heterocycles. The number of hydrogen-bond donors (Lipinski definition) is 0. The second kappa shape index (κ2) is 11.1. The first-order valence-electron chi connectivity index (χ1n) is 16.3. The monoisotopic (exact) mass is 601 g/mol. The van der Waals surface area contributed by atoms with Gasteiger partial charge in [-0.15, -0.1) is 0 Å². The Labute approximate surface area is 273 Å². The predicted octanol–water partition coefficient (Wildman–Crippen LogP) is 11.5. The van der Waals surface area contributed by atoms with Crippen LogP contribution in [0, 0.1) is 0 Å². The molecular formula is C44H31N3. The molecule has 3 nitrogen and oxygen atoms in total. The Kier molecular flexibility index (Phi) is 6.50. The lowest BCUT2D eigenvalue weighted by Gasteiger charge is -2.22. The fraction of sp³-hybridized carbons (Fsp3) is 0.0682. The summed E-state index contributed by atoms with van der Waals surface area (Å²) in [4.78, 5) is 15.2. The third-order valence-electron chi connectivity index (χ3n) is 9.57. The number of nitrogens with zero attached hydrogens (tertiary/aromatic N) is 3. The van der Waals surface area contributed by atoms with Crippen molar-refractivity contribution in [1.29, 1.82) is 0 Å². The van der Waals surface area contributed by atoms with Crippen molar-refractivity contribution in [3.05, 3.63) is 157 Å². The summed E-state index contributed by atoms with van der Waals surface area (Å²) in [5.74, 6) is 1.14. The van der Waals surface area contributed by atoms with Gasteiger partial charge in [-0.3, -0.25) is 4.98 Å². The van der Waals surface area contributed by atoms with E-state index in [1.165, 1.54) is 43.4 Å². The van der Waals surface area contributed by atoms with E-state index >= 15 is 0 Å².